The Morgan fingerprint density at radius 1 is 1.42 bits per heavy atom. The maximum Gasteiger partial charge on any atom is 0.289 e. The number of piperidine rings is 1. The molecule has 2 aromatic rings. The fraction of sp³-hybridized carbons (Fsp3) is 0.474. The van der Waals surface area contributed by atoms with E-state index in [4.69, 9.17) is 9.26 Å². The van der Waals surface area contributed by atoms with Gasteiger partial charge in [0, 0.05) is 38.7 Å². The van der Waals surface area contributed by atoms with Crippen molar-refractivity contribution in [3.05, 3.63) is 53.2 Å². The summed E-state index contributed by atoms with van der Waals surface area (Å²) < 4.78 is 23.2. The molecule has 0 saturated carbocycles. The molecule has 6 nitrogen and oxygen atoms in total. The average molecular weight is 361 g/mol. The lowest BCUT2D eigenvalue weighted by Gasteiger charge is -2.31. The number of aromatic nitrogens is 1. The fourth-order valence-electron chi connectivity index (χ4n) is 3.23. The minimum atomic E-state index is -0.278. The van der Waals surface area contributed by atoms with Crippen molar-refractivity contribution in [1.29, 1.82) is 0 Å². The second kappa shape index (κ2) is 8.91. The summed E-state index contributed by atoms with van der Waals surface area (Å²) in [5, 5.41) is 6.82. The molecule has 1 aliphatic rings. The van der Waals surface area contributed by atoms with Crippen LogP contribution >= 0.6 is 0 Å². The van der Waals surface area contributed by atoms with Crippen molar-refractivity contribution in [2.75, 3.05) is 33.4 Å². The molecule has 1 aromatic carbocycles. The molecule has 1 atom stereocenters. The standard InChI is InChI=1S/C19H24FN3O3/c1-25-10-8-21-19(24)18-11-17(22-26-18)15-3-2-9-23(13-15)12-14-4-6-16(20)7-5-14/h4-7,11,15H,2-3,8-10,12-13H2,1H3,(H,21,24). The number of methoxy groups -OCH3 is 1. The Kier molecular flexibility index (Phi) is 6.35. The monoisotopic (exact) mass is 361 g/mol. The van der Waals surface area contributed by atoms with Crippen molar-refractivity contribution in [3.63, 3.8) is 0 Å². The zero-order chi connectivity index (χ0) is 18.4. The number of nitrogens with one attached hydrogen (secondary N) is 1. The van der Waals surface area contributed by atoms with E-state index < -0.39 is 0 Å². The summed E-state index contributed by atoms with van der Waals surface area (Å²) in [6.45, 7) is 3.50. The lowest BCUT2D eigenvalue weighted by atomic mass is 9.94. The molecule has 0 aliphatic carbocycles. The van der Waals surface area contributed by atoms with Crippen LogP contribution in [0.25, 0.3) is 0 Å². The van der Waals surface area contributed by atoms with Gasteiger partial charge in [-0.1, -0.05) is 17.3 Å². The van der Waals surface area contributed by atoms with E-state index in [0.29, 0.717) is 13.2 Å². The second-order valence-corrected chi connectivity index (χ2v) is 6.57. The van der Waals surface area contributed by atoms with Gasteiger partial charge in [-0.25, -0.2) is 4.39 Å². The molecule has 1 saturated heterocycles. The van der Waals surface area contributed by atoms with Crippen LogP contribution in [0.15, 0.2) is 34.9 Å². The number of rotatable bonds is 7. The number of benzene rings is 1. The molecule has 0 spiro atoms. The highest BCUT2D eigenvalue weighted by molar-refractivity contribution is 5.91. The molecule has 0 radical (unpaired) electrons. The molecule has 26 heavy (non-hydrogen) atoms. The van der Waals surface area contributed by atoms with Gasteiger partial charge in [-0.3, -0.25) is 9.69 Å². The second-order valence-electron chi connectivity index (χ2n) is 6.57. The van der Waals surface area contributed by atoms with Gasteiger partial charge in [-0.05, 0) is 37.1 Å². The first-order chi connectivity index (χ1) is 12.7. The van der Waals surface area contributed by atoms with E-state index >= 15 is 0 Å². The van der Waals surface area contributed by atoms with Gasteiger partial charge in [0.05, 0.1) is 12.3 Å². The molecular weight excluding hydrogens is 337 g/mol. The van der Waals surface area contributed by atoms with Crippen LogP contribution in [0.5, 0.6) is 0 Å². The summed E-state index contributed by atoms with van der Waals surface area (Å²) in [6.07, 6.45) is 2.06. The molecule has 1 aromatic heterocycles. The molecule has 1 aliphatic heterocycles. The number of halogens is 1. The number of ether oxygens (including phenoxy) is 1. The van der Waals surface area contributed by atoms with Gasteiger partial charge in [0.15, 0.2) is 0 Å². The van der Waals surface area contributed by atoms with Crippen LogP contribution in [0.4, 0.5) is 4.39 Å². The van der Waals surface area contributed by atoms with Crippen LogP contribution in [-0.2, 0) is 11.3 Å². The van der Waals surface area contributed by atoms with Gasteiger partial charge in [0.2, 0.25) is 5.76 Å². The highest BCUT2D eigenvalue weighted by Gasteiger charge is 2.25. The first-order valence-electron chi connectivity index (χ1n) is 8.86. The Balaban J connectivity index is 1.57. The highest BCUT2D eigenvalue weighted by Crippen LogP contribution is 2.27. The summed E-state index contributed by atoms with van der Waals surface area (Å²) >= 11 is 0. The normalized spacial score (nSPS) is 18.0. The number of carbonyl (C=O) groups excluding carboxylic acids is 1. The maximum absolute atomic E-state index is 13.0. The summed E-state index contributed by atoms with van der Waals surface area (Å²) in [6, 6.07) is 8.34. The van der Waals surface area contributed by atoms with E-state index in [0.717, 1.165) is 43.7 Å². The third-order valence-corrected chi connectivity index (χ3v) is 4.59. The Labute approximate surface area is 152 Å². The van der Waals surface area contributed by atoms with Crippen LogP contribution in [-0.4, -0.2) is 49.3 Å². The Morgan fingerprint density at radius 2 is 2.23 bits per heavy atom. The van der Waals surface area contributed by atoms with Crippen LogP contribution in [0.3, 0.4) is 0 Å². The van der Waals surface area contributed by atoms with Gasteiger partial charge < -0.3 is 14.6 Å². The number of carbonyl (C=O) groups is 1. The largest absolute Gasteiger partial charge is 0.383 e. The summed E-state index contributed by atoms with van der Waals surface area (Å²) in [7, 11) is 1.58. The summed E-state index contributed by atoms with van der Waals surface area (Å²) in [5.41, 5.74) is 1.90. The first-order valence-corrected chi connectivity index (χ1v) is 8.86. The van der Waals surface area contributed by atoms with Gasteiger partial charge in [-0.2, -0.15) is 0 Å². The third-order valence-electron chi connectivity index (χ3n) is 4.59. The quantitative estimate of drug-likeness (QED) is 0.768. The van der Waals surface area contributed by atoms with Crippen molar-refractivity contribution in [3.8, 4) is 0 Å². The topological polar surface area (TPSA) is 67.6 Å². The fourth-order valence-corrected chi connectivity index (χ4v) is 3.23. The molecule has 1 unspecified atom stereocenters. The zero-order valence-corrected chi connectivity index (χ0v) is 14.9. The maximum atomic E-state index is 13.0. The van der Waals surface area contributed by atoms with E-state index in [1.807, 2.05) is 12.1 Å². The van der Waals surface area contributed by atoms with Crippen molar-refractivity contribution < 1.29 is 18.4 Å². The number of amides is 1. The molecule has 3 rings (SSSR count). The van der Waals surface area contributed by atoms with Gasteiger partial charge in [0.25, 0.3) is 5.91 Å². The number of likely N-dealkylation sites (tertiary alicyclic amines) is 1. The molecular formula is C19H24FN3O3. The van der Waals surface area contributed by atoms with Gasteiger partial charge in [-0.15, -0.1) is 0 Å². The molecule has 140 valence electrons. The minimum absolute atomic E-state index is 0.218. The SMILES string of the molecule is COCCNC(=O)c1cc(C2CCCN(Cc3ccc(F)cc3)C2)no1. The van der Waals surface area contributed by atoms with Gasteiger partial charge in [0.1, 0.15) is 5.82 Å². The summed E-state index contributed by atoms with van der Waals surface area (Å²) in [4.78, 5) is 14.3. The third kappa shape index (κ3) is 4.89. The van der Waals surface area contributed by atoms with Crippen LogP contribution in [0.2, 0.25) is 0 Å². The van der Waals surface area contributed by atoms with Gasteiger partial charge >= 0.3 is 0 Å². The Hall–Kier alpha value is -2.25. The zero-order valence-electron chi connectivity index (χ0n) is 14.9. The Bertz CT molecular complexity index is 717. The van der Waals surface area contributed by atoms with Crippen LogP contribution in [0, 0.1) is 5.82 Å². The Morgan fingerprint density at radius 3 is 3.00 bits per heavy atom. The lowest BCUT2D eigenvalue weighted by Crippen LogP contribution is -2.34. The molecule has 7 heteroatoms. The lowest BCUT2D eigenvalue weighted by molar-refractivity contribution is 0.0900. The van der Waals surface area contributed by atoms with Crippen LogP contribution in [0.1, 0.15) is 40.6 Å². The highest BCUT2D eigenvalue weighted by atomic mass is 19.1. The van der Waals surface area contributed by atoms with Crippen LogP contribution < -0.4 is 5.32 Å². The van der Waals surface area contributed by atoms with E-state index in [9.17, 15) is 9.18 Å². The van der Waals surface area contributed by atoms with E-state index in [1.54, 1.807) is 13.2 Å². The smallest absolute Gasteiger partial charge is 0.289 e. The molecule has 1 N–H and O–H groups in total. The van der Waals surface area contributed by atoms with Crippen molar-refractivity contribution in [1.82, 2.24) is 15.4 Å². The van der Waals surface area contributed by atoms with E-state index in [1.165, 1.54) is 12.1 Å². The minimum Gasteiger partial charge on any atom is -0.383 e. The first kappa shape index (κ1) is 18.5. The van der Waals surface area contributed by atoms with Crippen molar-refractivity contribution >= 4 is 5.91 Å². The summed E-state index contributed by atoms with van der Waals surface area (Å²) in [5.74, 6) is -0.0378. The molecule has 2 heterocycles. The molecule has 1 amide bonds. The number of hydrogen-bond acceptors (Lipinski definition) is 5. The predicted molar refractivity (Wildman–Crippen MR) is 94.4 cm³/mol. The average Bonchev–Trinajstić information content (AvgIpc) is 3.14. The number of nitrogens with zero attached hydrogens (tertiary/aromatic N) is 2. The predicted octanol–water partition coefficient (Wildman–Crippen LogP) is 2.57. The molecule has 1 fully saturated rings. The van der Waals surface area contributed by atoms with E-state index in [2.05, 4.69) is 15.4 Å². The van der Waals surface area contributed by atoms with E-state index in [-0.39, 0.29) is 23.4 Å². The number of hydrogen-bond donors (Lipinski definition) is 1. The molecule has 0 bridgehead atoms. The van der Waals surface area contributed by atoms with Crippen molar-refractivity contribution in [2.24, 2.45) is 0 Å². The van der Waals surface area contributed by atoms with Crippen molar-refractivity contribution in [2.45, 2.75) is 25.3 Å².